The van der Waals surface area contributed by atoms with E-state index in [-0.39, 0.29) is 0 Å². The van der Waals surface area contributed by atoms with Crippen molar-refractivity contribution in [2.75, 3.05) is 0 Å². The number of alkyl halides is 7. The molecule has 9 heteroatoms. The quantitative estimate of drug-likeness (QED) is 0.627. The fourth-order valence-electron chi connectivity index (χ4n) is 0.859. The zero-order valence-electron chi connectivity index (χ0n) is 8.29. The lowest BCUT2D eigenvalue weighted by atomic mass is 10.0. The molecule has 0 amide bonds. The fourth-order valence-corrected chi connectivity index (χ4v) is 0.859. The summed E-state index contributed by atoms with van der Waals surface area (Å²) < 4.78 is 85.3. The number of rotatable bonds is 4. The van der Waals surface area contributed by atoms with Crippen molar-refractivity contribution in [2.45, 2.75) is 31.4 Å². The Bertz CT molecular complexity index is 329. The summed E-state index contributed by atoms with van der Waals surface area (Å²) in [6.07, 6.45) is -8.12. The van der Waals surface area contributed by atoms with Gasteiger partial charge in [0, 0.05) is 12.0 Å². The molecule has 0 saturated heterocycles. The van der Waals surface area contributed by atoms with Gasteiger partial charge in [0.25, 0.3) is 0 Å². The summed E-state index contributed by atoms with van der Waals surface area (Å²) in [6, 6.07) is 0. The standard InChI is InChI=1S/C8H7F7O2/c1-2-4(5(16)17)3-6(9,10)7(11,12)8(13,14)15/h2H,3H2,1H3,(H,16,17). The Kier molecular flexibility index (Phi) is 4.19. The zero-order chi connectivity index (χ0) is 14.1. The largest absolute Gasteiger partial charge is 0.478 e. The van der Waals surface area contributed by atoms with Crippen LogP contribution >= 0.6 is 0 Å². The second-order valence-corrected chi connectivity index (χ2v) is 3.07. The average Bonchev–Trinajstić information content (AvgIpc) is 2.11. The minimum atomic E-state index is -6.45. The van der Waals surface area contributed by atoms with Crippen LogP contribution in [0.25, 0.3) is 0 Å². The van der Waals surface area contributed by atoms with Crippen LogP contribution in [0.1, 0.15) is 13.3 Å². The first kappa shape index (κ1) is 15.7. The Hall–Kier alpha value is -1.28. The first-order valence-corrected chi connectivity index (χ1v) is 4.07. The number of carboxylic acid groups (broad SMARTS) is 1. The molecule has 0 aromatic carbocycles. The molecule has 0 spiro atoms. The smallest absolute Gasteiger partial charge is 0.459 e. The maximum atomic E-state index is 12.7. The van der Waals surface area contributed by atoms with E-state index in [1.54, 1.807) is 0 Å². The predicted octanol–water partition coefficient (Wildman–Crippen LogP) is 3.24. The minimum absolute atomic E-state index is 0.530. The molecule has 0 aliphatic heterocycles. The molecule has 0 saturated carbocycles. The molecule has 0 rings (SSSR count). The molecule has 17 heavy (non-hydrogen) atoms. The molecule has 1 N–H and O–H groups in total. The van der Waals surface area contributed by atoms with E-state index in [9.17, 15) is 35.5 Å². The maximum Gasteiger partial charge on any atom is 0.459 e. The molecular formula is C8H7F7O2. The molecule has 0 aliphatic rings. The monoisotopic (exact) mass is 268 g/mol. The first-order chi connectivity index (χ1) is 7.37. The van der Waals surface area contributed by atoms with E-state index >= 15 is 0 Å². The van der Waals surface area contributed by atoms with Crippen molar-refractivity contribution in [1.82, 2.24) is 0 Å². The Balaban J connectivity index is 5.23. The number of aliphatic carboxylic acids is 1. The third kappa shape index (κ3) is 3.10. The van der Waals surface area contributed by atoms with Gasteiger partial charge >= 0.3 is 24.0 Å². The van der Waals surface area contributed by atoms with Crippen LogP contribution in [-0.4, -0.2) is 29.1 Å². The molecule has 0 bridgehead atoms. The Morgan fingerprint density at radius 1 is 1.12 bits per heavy atom. The Morgan fingerprint density at radius 2 is 1.53 bits per heavy atom. The summed E-state index contributed by atoms with van der Waals surface area (Å²) in [4.78, 5) is 10.3. The normalized spacial score (nSPS) is 14.9. The van der Waals surface area contributed by atoms with Gasteiger partial charge in [-0.25, -0.2) is 4.79 Å². The molecule has 0 aromatic heterocycles. The number of halogens is 7. The van der Waals surface area contributed by atoms with Crippen LogP contribution in [-0.2, 0) is 4.79 Å². The van der Waals surface area contributed by atoms with Crippen molar-refractivity contribution >= 4 is 5.97 Å². The predicted molar refractivity (Wildman–Crippen MR) is 42.0 cm³/mol. The van der Waals surface area contributed by atoms with Crippen molar-refractivity contribution in [3.8, 4) is 0 Å². The van der Waals surface area contributed by atoms with Gasteiger partial charge < -0.3 is 5.11 Å². The molecule has 0 aromatic rings. The highest BCUT2D eigenvalue weighted by Gasteiger charge is 2.72. The van der Waals surface area contributed by atoms with Crippen LogP contribution in [0.3, 0.4) is 0 Å². The second-order valence-electron chi connectivity index (χ2n) is 3.07. The van der Waals surface area contributed by atoms with Crippen molar-refractivity contribution in [1.29, 1.82) is 0 Å². The maximum absolute atomic E-state index is 12.7. The lowest BCUT2D eigenvalue weighted by molar-refractivity contribution is -0.353. The SMILES string of the molecule is CC=C(CC(F)(F)C(F)(F)C(F)(F)F)C(=O)O. The molecular weight excluding hydrogens is 261 g/mol. The highest BCUT2D eigenvalue weighted by Crippen LogP contribution is 2.48. The molecule has 0 radical (unpaired) electrons. The van der Waals surface area contributed by atoms with E-state index < -0.39 is 36.0 Å². The van der Waals surface area contributed by atoms with Crippen molar-refractivity contribution < 1.29 is 40.6 Å². The van der Waals surface area contributed by atoms with E-state index in [2.05, 4.69) is 0 Å². The van der Waals surface area contributed by atoms with Gasteiger partial charge in [-0.05, 0) is 6.92 Å². The number of hydrogen-bond donors (Lipinski definition) is 1. The second kappa shape index (κ2) is 4.53. The molecule has 0 heterocycles. The van der Waals surface area contributed by atoms with Crippen molar-refractivity contribution in [3.63, 3.8) is 0 Å². The van der Waals surface area contributed by atoms with E-state index in [1.807, 2.05) is 0 Å². The van der Waals surface area contributed by atoms with Crippen LogP contribution in [0.5, 0.6) is 0 Å². The summed E-state index contributed by atoms with van der Waals surface area (Å²) in [5, 5.41) is 8.28. The van der Waals surface area contributed by atoms with E-state index in [0.29, 0.717) is 6.08 Å². The van der Waals surface area contributed by atoms with Gasteiger partial charge in [-0.3, -0.25) is 0 Å². The highest BCUT2D eigenvalue weighted by atomic mass is 19.4. The van der Waals surface area contributed by atoms with Crippen LogP contribution in [0.2, 0.25) is 0 Å². The van der Waals surface area contributed by atoms with Gasteiger partial charge in [0.1, 0.15) is 0 Å². The van der Waals surface area contributed by atoms with E-state index in [4.69, 9.17) is 5.11 Å². The molecule has 0 atom stereocenters. The van der Waals surface area contributed by atoms with Crippen LogP contribution in [0.15, 0.2) is 11.6 Å². The number of hydrogen-bond acceptors (Lipinski definition) is 1. The Labute approximate surface area is 90.7 Å². The summed E-state index contributed by atoms with van der Waals surface area (Å²) >= 11 is 0. The summed E-state index contributed by atoms with van der Waals surface area (Å²) in [7, 11) is 0. The molecule has 0 aliphatic carbocycles. The van der Waals surface area contributed by atoms with Gasteiger partial charge in [-0.1, -0.05) is 6.08 Å². The Morgan fingerprint density at radius 3 is 1.76 bits per heavy atom. The van der Waals surface area contributed by atoms with Crippen LogP contribution in [0.4, 0.5) is 30.7 Å². The summed E-state index contributed by atoms with van der Waals surface area (Å²) in [6.45, 7) is 0.936. The fraction of sp³-hybridized carbons (Fsp3) is 0.625. The lowest BCUT2D eigenvalue weighted by Gasteiger charge is -2.28. The lowest BCUT2D eigenvalue weighted by Crippen LogP contribution is -2.52. The highest BCUT2D eigenvalue weighted by molar-refractivity contribution is 5.86. The van der Waals surface area contributed by atoms with Crippen LogP contribution in [0, 0.1) is 0 Å². The third-order valence-electron chi connectivity index (χ3n) is 1.85. The number of allylic oxidation sites excluding steroid dienone is 1. The minimum Gasteiger partial charge on any atom is -0.478 e. The molecule has 100 valence electrons. The number of carbonyl (C=O) groups is 1. The van der Waals surface area contributed by atoms with Gasteiger partial charge in [-0.2, -0.15) is 30.7 Å². The van der Waals surface area contributed by atoms with Gasteiger partial charge in [0.15, 0.2) is 0 Å². The van der Waals surface area contributed by atoms with E-state index in [0.717, 1.165) is 6.92 Å². The summed E-state index contributed by atoms with van der Waals surface area (Å²) in [5.74, 6) is -13.8. The third-order valence-corrected chi connectivity index (χ3v) is 1.85. The molecule has 2 nitrogen and oxygen atoms in total. The molecule has 0 unspecified atom stereocenters. The average molecular weight is 268 g/mol. The topological polar surface area (TPSA) is 37.3 Å². The zero-order valence-corrected chi connectivity index (χ0v) is 8.29. The summed E-state index contributed by atoms with van der Waals surface area (Å²) in [5.41, 5.74) is -1.22. The van der Waals surface area contributed by atoms with E-state index in [1.165, 1.54) is 0 Å². The molecule has 0 fully saturated rings. The van der Waals surface area contributed by atoms with Crippen LogP contribution < -0.4 is 0 Å². The van der Waals surface area contributed by atoms with Crippen molar-refractivity contribution in [3.05, 3.63) is 11.6 Å². The number of carboxylic acids is 1. The first-order valence-electron chi connectivity index (χ1n) is 4.07. The van der Waals surface area contributed by atoms with Gasteiger partial charge in [0.2, 0.25) is 0 Å². The van der Waals surface area contributed by atoms with Crippen molar-refractivity contribution in [2.24, 2.45) is 0 Å². The van der Waals surface area contributed by atoms with Gasteiger partial charge in [-0.15, -0.1) is 0 Å². The van der Waals surface area contributed by atoms with Gasteiger partial charge in [0.05, 0.1) is 0 Å².